The number of anilines is 1. The number of fused-ring (bicyclic) bond motifs is 1. The molecule has 1 aromatic carbocycles. The summed E-state index contributed by atoms with van der Waals surface area (Å²) in [6.45, 7) is 5.96. The highest BCUT2D eigenvalue weighted by Crippen LogP contribution is 2.31. The van der Waals surface area contributed by atoms with E-state index in [2.05, 4.69) is 0 Å². The quantitative estimate of drug-likeness (QED) is 0.695. The van der Waals surface area contributed by atoms with Crippen molar-refractivity contribution in [2.24, 2.45) is 5.92 Å². The van der Waals surface area contributed by atoms with E-state index >= 15 is 0 Å². The van der Waals surface area contributed by atoms with Gasteiger partial charge in [0.25, 0.3) is 5.91 Å². The first-order valence-electron chi connectivity index (χ1n) is 9.48. The van der Waals surface area contributed by atoms with Crippen LogP contribution in [0.3, 0.4) is 0 Å². The van der Waals surface area contributed by atoms with Gasteiger partial charge in [0.05, 0.1) is 11.5 Å². The lowest BCUT2D eigenvalue weighted by Gasteiger charge is -2.30. The van der Waals surface area contributed by atoms with E-state index in [-0.39, 0.29) is 12.5 Å². The van der Waals surface area contributed by atoms with Crippen molar-refractivity contribution < 1.29 is 17.9 Å². The van der Waals surface area contributed by atoms with Crippen molar-refractivity contribution >= 4 is 21.6 Å². The zero-order valence-corrected chi connectivity index (χ0v) is 16.4. The van der Waals surface area contributed by atoms with Gasteiger partial charge in [-0.25, -0.2) is 8.42 Å². The number of amides is 1. The topological polar surface area (TPSA) is 66.9 Å². The van der Waals surface area contributed by atoms with Crippen LogP contribution in [0.2, 0.25) is 0 Å². The molecule has 2 aliphatic rings. The first-order valence-corrected chi connectivity index (χ1v) is 10.9. The summed E-state index contributed by atoms with van der Waals surface area (Å²) < 4.78 is 32.4. The highest BCUT2D eigenvalue weighted by atomic mass is 32.2. The molecule has 0 unspecified atom stereocenters. The van der Waals surface area contributed by atoms with Crippen LogP contribution in [-0.2, 0) is 26.0 Å². The molecule has 1 aromatic rings. The van der Waals surface area contributed by atoms with E-state index < -0.39 is 10.0 Å². The molecule has 0 saturated heterocycles. The Kier molecular flexibility index (Phi) is 5.99. The van der Waals surface area contributed by atoms with Gasteiger partial charge in [-0.3, -0.25) is 4.79 Å². The van der Waals surface area contributed by atoms with Gasteiger partial charge < -0.3 is 9.64 Å². The lowest BCUT2D eigenvalue weighted by Crippen LogP contribution is -2.38. The molecule has 1 aliphatic carbocycles. The number of nitrogens with zero attached hydrogens (tertiary/aromatic N) is 2. The third-order valence-electron chi connectivity index (χ3n) is 5.09. The predicted octanol–water partition coefficient (Wildman–Crippen LogP) is 2.42. The van der Waals surface area contributed by atoms with Crippen molar-refractivity contribution in [3.8, 4) is 0 Å². The Morgan fingerprint density at radius 1 is 1.27 bits per heavy atom. The molecule has 1 amide bonds. The van der Waals surface area contributed by atoms with E-state index in [1.54, 1.807) is 23.1 Å². The van der Waals surface area contributed by atoms with Gasteiger partial charge in [-0.1, -0.05) is 13.8 Å². The average molecular weight is 381 g/mol. The van der Waals surface area contributed by atoms with Crippen molar-refractivity contribution in [1.29, 1.82) is 0 Å². The molecule has 1 saturated carbocycles. The van der Waals surface area contributed by atoms with Crippen LogP contribution in [0.4, 0.5) is 5.69 Å². The first kappa shape index (κ1) is 19.3. The molecule has 6 nitrogen and oxygen atoms in total. The highest BCUT2D eigenvalue weighted by Gasteiger charge is 2.27. The Morgan fingerprint density at radius 3 is 2.65 bits per heavy atom. The number of benzene rings is 1. The molecule has 0 radical (unpaired) electrons. The number of hydrogen-bond acceptors (Lipinski definition) is 4. The standard InChI is InChI=1S/C19H28N2O4S/c1-3-20(4-2)26(23,24)17-9-10-18-16(12-17)6-5-11-21(18)19(22)14-25-13-15-7-8-15/h9-10,12,15H,3-8,11,13-14H2,1-2H3. The Labute approximate surface area is 156 Å². The zero-order chi connectivity index (χ0) is 18.7. The van der Waals surface area contributed by atoms with Gasteiger partial charge in [-0.2, -0.15) is 4.31 Å². The second-order valence-corrected chi connectivity index (χ2v) is 8.93. The zero-order valence-electron chi connectivity index (χ0n) is 15.6. The fourth-order valence-electron chi connectivity index (χ4n) is 3.38. The van der Waals surface area contributed by atoms with Crippen molar-refractivity contribution in [3.05, 3.63) is 23.8 Å². The molecular formula is C19H28N2O4S. The number of aryl methyl sites for hydroxylation is 1. The summed E-state index contributed by atoms with van der Waals surface area (Å²) in [4.78, 5) is 14.6. The van der Waals surface area contributed by atoms with Gasteiger partial charge in [-0.05, 0) is 55.4 Å². The Bertz CT molecular complexity index is 755. The lowest BCUT2D eigenvalue weighted by molar-refractivity contribution is -0.123. The van der Waals surface area contributed by atoms with Crippen LogP contribution in [0, 0.1) is 5.92 Å². The minimum atomic E-state index is -3.48. The van der Waals surface area contributed by atoms with E-state index in [4.69, 9.17) is 4.74 Å². The van der Waals surface area contributed by atoms with Crippen LogP contribution in [-0.4, -0.2) is 51.5 Å². The van der Waals surface area contributed by atoms with Crippen LogP contribution in [0.15, 0.2) is 23.1 Å². The minimum Gasteiger partial charge on any atom is -0.371 e. The Hall–Kier alpha value is -1.44. The van der Waals surface area contributed by atoms with Crippen LogP contribution in [0.5, 0.6) is 0 Å². The van der Waals surface area contributed by atoms with Crippen LogP contribution >= 0.6 is 0 Å². The van der Waals surface area contributed by atoms with Gasteiger partial charge in [0.15, 0.2) is 0 Å². The number of carbonyl (C=O) groups is 1. The smallest absolute Gasteiger partial charge is 0.252 e. The maximum absolute atomic E-state index is 12.7. The number of rotatable bonds is 8. The minimum absolute atomic E-state index is 0.0500. The second-order valence-electron chi connectivity index (χ2n) is 6.99. The number of sulfonamides is 1. The molecule has 0 bridgehead atoms. The third-order valence-corrected chi connectivity index (χ3v) is 7.14. The third kappa shape index (κ3) is 4.10. The summed E-state index contributed by atoms with van der Waals surface area (Å²) in [5.74, 6) is 0.579. The molecule has 7 heteroatoms. The largest absolute Gasteiger partial charge is 0.371 e. The summed E-state index contributed by atoms with van der Waals surface area (Å²) in [5.41, 5.74) is 1.73. The fourth-order valence-corrected chi connectivity index (χ4v) is 4.89. The normalized spacial score (nSPS) is 17.4. The molecular weight excluding hydrogens is 352 g/mol. The first-order chi connectivity index (χ1) is 12.5. The number of hydrogen-bond donors (Lipinski definition) is 0. The summed E-state index contributed by atoms with van der Waals surface area (Å²) in [7, 11) is -3.48. The summed E-state index contributed by atoms with van der Waals surface area (Å²) >= 11 is 0. The van der Waals surface area contributed by atoms with E-state index in [9.17, 15) is 13.2 Å². The maximum atomic E-state index is 12.7. The van der Waals surface area contributed by atoms with Gasteiger partial charge >= 0.3 is 0 Å². The molecule has 26 heavy (non-hydrogen) atoms. The maximum Gasteiger partial charge on any atom is 0.252 e. The van der Waals surface area contributed by atoms with Crippen molar-refractivity contribution in [1.82, 2.24) is 4.31 Å². The molecule has 0 aromatic heterocycles. The Morgan fingerprint density at radius 2 is 2.00 bits per heavy atom. The van der Waals surface area contributed by atoms with Crippen LogP contribution < -0.4 is 4.90 Å². The van der Waals surface area contributed by atoms with Gasteiger partial charge in [-0.15, -0.1) is 0 Å². The van der Waals surface area contributed by atoms with Crippen molar-refractivity contribution in [3.63, 3.8) is 0 Å². The van der Waals surface area contributed by atoms with Gasteiger partial charge in [0, 0.05) is 25.3 Å². The highest BCUT2D eigenvalue weighted by molar-refractivity contribution is 7.89. The molecule has 0 spiro atoms. The number of carbonyl (C=O) groups excluding carboxylic acids is 1. The lowest BCUT2D eigenvalue weighted by atomic mass is 10.0. The molecule has 1 aliphatic heterocycles. The molecule has 3 rings (SSSR count). The molecule has 144 valence electrons. The molecule has 1 heterocycles. The number of ether oxygens (including phenoxy) is 1. The Balaban J connectivity index is 1.77. The van der Waals surface area contributed by atoms with E-state index in [0.717, 1.165) is 24.1 Å². The molecule has 0 N–H and O–H groups in total. The molecule has 0 atom stereocenters. The van der Waals surface area contributed by atoms with Gasteiger partial charge in [0.2, 0.25) is 10.0 Å². The van der Waals surface area contributed by atoms with Crippen molar-refractivity contribution in [2.75, 3.05) is 37.7 Å². The summed E-state index contributed by atoms with van der Waals surface area (Å²) in [6.07, 6.45) is 4.01. The second kappa shape index (κ2) is 8.06. The SMILES string of the molecule is CCN(CC)S(=O)(=O)c1ccc2c(c1)CCCN2C(=O)COCC1CC1. The summed E-state index contributed by atoms with van der Waals surface area (Å²) in [6, 6.07) is 5.11. The average Bonchev–Trinajstić information content (AvgIpc) is 3.45. The molecule has 1 fully saturated rings. The monoisotopic (exact) mass is 380 g/mol. The predicted molar refractivity (Wildman–Crippen MR) is 101 cm³/mol. The van der Waals surface area contributed by atoms with Crippen LogP contribution in [0.25, 0.3) is 0 Å². The van der Waals surface area contributed by atoms with Crippen LogP contribution in [0.1, 0.15) is 38.7 Å². The van der Waals surface area contributed by atoms with E-state index in [0.29, 0.717) is 37.1 Å². The van der Waals surface area contributed by atoms with Crippen molar-refractivity contribution in [2.45, 2.75) is 44.4 Å². The van der Waals surface area contributed by atoms with E-state index in [1.807, 2.05) is 13.8 Å². The summed E-state index contributed by atoms with van der Waals surface area (Å²) in [5, 5.41) is 0. The van der Waals surface area contributed by atoms with Gasteiger partial charge in [0.1, 0.15) is 6.61 Å². The fraction of sp³-hybridized carbons (Fsp3) is 0.632. The van der Waals surface area contributed by atoms with E-state index in [1.165, 1.54) is 17.1 Å².